The van der Waals surface area contributed by atoms with E-state index in [1.165, 1.54) is 33.0 Å². The molecule has 1 atom stereocenters. The van der Waals surface area contributed by atoms with E-state index >= 15 is 0 Å². The molecular formula is C23H25Cl2OSiZr-. The van der Waals surface area contributed by atoms with Crippen molar-refractivity contribution in [1.82, 2.24) is 0 Å². The van der Waals surface area contributed by atoms with Crippen LogP contribution in [0.4, 0.5) is 0 Å². The summed E-state index contributed by atoms with van der Waals surface area (Å²) < 4.78 is 0. The molecule has 0 aliphatic heterocycles. The molecule has 5 heteroatoms. The molecule has 0 saturated carbocycles. The minimum absolute atomic E-state index is 0. The summed E-state index contributed by atoms with van der Waals surface area (Å²) in [5, 5.41) is 11.9. The Hall–Kier alpha value is -0.570. The molecule has 0 radical (unpaired) electrons. The third kappa shape index (κ3) is 5.97. The fourth-order valence-electron chi connectivity index (χ4n) is 3.68. The fraction of sp³-hybridized carbons (Fsp3) is 0.261. The normalized spacial score (nSPS) is 14.2. The van der Waals surface area contributed by atoms with Gasteiger partial charge in [-0.05, 0) is 29.9 Å². The van der Waals surface area contributed by atoms with Crippen LogP contribution in [0, 0.1) is 0 Å². The summed E-state index contributed by atoms with van der Waals surface area (Å²) in [6.45, 7) is 4.87. The van der Waals surface area contributed by atoms with Gasteiger partial charge in [-0.25, -0.2) is 0 Å². The molecule has 1 N–H and O–H groups in total. The van der Waals surface area contributed by atoms with Crippen molar-refractivity contribution in [2.75, 3.05) is 6.61 Å². The standard InChI is InChI=1S/C21H19O.C2H6Si.2ClH.Zr/c22-13-5-8-17-14-16-7-2-4-10-19(16)21(17)20-12-11-15-6-1-3-9-18(15)20;1-3-2;;;/h1-4,6-7,9-12,14,21-22H,5,8,13H2;1-2H3;2*1H;/q-1;;;;+2/p-2. The van der Waals surface area contributed by atoms with Gasteiger partial charge in [0.15, 0.2) is 0 Å². The zero-order valence-corrected chi connectivity index (χ0v) is 21.2. The van der Waals surface area contributed by atoms with Gasteiger partial charge in [-0.15, -0.1) is 40.6 Å². The van der Waals surface area contributed by atoms with Gasteiger partial charge in [-0.1, -0.05) is 42.0 Å². The summed E-state index contributed by atoms with van der Waals surface area (Å²) in [6, 6.07) is 21.8. The third-order valence-corrected chi connectivity index (χ3v) is 4.67. The van der Waals surface area contributed by atoms with Crippen molar-refractivity contribution in [3.05, 3.63) is 82.9 Å². The van der Waals surface area contributed by atoms with Gasteiger partial charge in [0.05, 0.1) is 0 Å². The van der Waals surface area contributed by atoms with Gasteiger partial charge in [0.2, 0.25) is 0 Å². The maximum Gasteiger partial charge on any atom is 0.0434 e. The second kappa shape index (κ2) is 12.2. The van der Waals surface area contributed by atoms with Gasteiger partial charge in [0.1, 0.15) is 0 Å². The molecule has 1 nitrogen and oxygen atoms in total. The number of rotatable bonds is 4. The Balaban J connectivity index is 0.000000601. The Morgan fingerprint density at radius 3 is 2.36 bits per heavy atom. The van der Waals surface area contributed by atoms with E-state index in [1.807, 2.05) is 0 Å². The van der Waals surface area contributed by atoms with Crippen LogP contribution in [0.25, 0.3) is 16.8 Å². The fourth-order valence-corrected chi connectivity index (χ4v) is 3.68. The molecule has 1 aliphatic rings. The van der Waals surface area contributed by atoms with Crippen LogP contribution < -0.4 is 24.8 Å². The van der Waals surface area contributed by atoms with Gasteiger partial charge >= 0.3 is 41.9 Å². The number of allylic oxidation sites excluding steroid dienone is 1. The molecular weight excluding hydrogens is 482 g/mol. The predicted molar refractivity (Wildman–Crippen MR) is 110 cm³/mol. The van der Waals surface area contributed by atoms with Crippen LogP contribution in [0.5, 0.6) is 0 Å². The van der Waals surface area contributed by atoms with E-state index in [4.69, 9.17) is 0 Å². The zero-order chi connectivity index (χ0) is 18.5. The molecule has 146 valence electrons. The average Bonchev–Trinajstić information content (AvgIpc) is 3.20. The number of hydrogen-bond donors (Lipinski definition) is 1. The molecule has 3 aromatic carbocycles. The van der Waals surface area contributed by atoms with Crippen molar-refractivity contribution in [2.24, 2.45) is 0 Å². The SMILES string of the molecule is C[Si](C)=[Zr+2].OCCCC1=Cc2ccccc2C1[c-]1ccc2ccccc21.[Cl-].[Cl-]. The molecule has 0 bridgehead atoms. The number of aliphatic hydroxyl groups is 1. The van der Waals surface area contributed by atoms with Crippen molar-refractivity contribution in [3.8, 4) is 0 Å². The summed E-state index contributed by atoms with van der Waals surface area (Å²) in [7, 11) is 0. The van der Waals surface area contributed by atoms with E-state index in [9.17, 15) is 5.11 Å². The Morgan fingerprint density at radius 1 is 1.00 bits per heavy atom. The topological polar surface area (TPSA) is 20.2 Å². The van der Waals surface area contributed by atoms with Crippen LogP contribution in [-0.2, 0) is 23.3 Å². The van der Waals surface area contributed by atoms with Crippen LogP contribution in [0.1, 0.15) is 35.4 Å². The largest absolute Gasteiger partial charge is 1.00 e. The summed E-state index contributed by atoms with van der Waals surface area (Å²) in [5.41, 5.74) is 5.75. The van der Waals surface area contributed by atoms with Crippen LogP contribution in [-0.4, -0.2) is 17.1 Å². The maximum atomic E-state index is 9.20. The molecule has 1 aliphatic carbocycles. The summed E-state index contributed by atoms with van der Waals surface area (Å²) in [6.07, 6.45) is 4.10. The molecule has 28 heavy (non-hydrogen) atoms. The second-order valence-corrected chi connectivity index (χ2v) is 16.4. The van der Waals surface area contributed by atoms with E-state index in [-0.39, 0.29) is 36.9 Å². The predicted octanol–water partition coefficient (Wildman–Crippen LogP) is -0.348. The quantitative estimate of drug-likeness (QED) is 0.378. The minimum atomic E-state index is 0. The van der Waals surface area contributed by atoms with Crippen LogP contribution in [0.3, 0.4) is 0 Å². The van der Waals surface area contributed by atoms with Crippen molar-refractivity contribution >= 4 is 22.3 Å². The van der Waals surface area contributed by atoms with E-state index < -0.39 is 0 Å². The first-order chi connectivity index (χ1) is 12.6. The monoisotopic (exact) mass is 505 g/mol. The number of benzene rings is 2. The van der Waals surface area contributed by atoms with E-state index in [2.05, 4.69) is 79.8 Å². The molecule has 1 unspecified atom stereocenters. The molecule has 3 aromatic rings. The second-order valence-electron chi connectivity index (χ2n) is 6.98. The Morgan fingerprint density at radius 2 is 1.64 bits per heavy atom. The van der Waals surface area contributed by atoms with Crippen molar-refractivity contribution in [3.63, 3.8) is 0 Å². The third-order valence-electron chi connectivity index (χ3n) is 4.67. The number of fused-ring (bicyclic) bond motifs is 2. The van der Waals surface area contributed by atoms with Gasteiger partial charge in [0.25, 0.3) is 0 Å². The Labute approximate surface area is 195 Å². The van der Waals surface area contributed by atoms with Gasteiger partial charge < -0.3 is 29.9 Å². The molecule has 0 spiro atoms. The molecule has 0 aromatic heterocycles. The first-order valence-electron chi connectivity index (χ1n) is 9.18. The smallest absolute Gasteiger partial charge is 0.0434 e. The molecule has 4 rings (SSSR count). The summed E-state index contributed by atoms with van der Waals surface area (Å²) >= 11 is 1.74. The molecule has 0 saturated heterocycles. The summed E-state index contributed by atoms with van der Waals surface area (Å²) in [4.78, 5) is 0. The number of aliphatic hydroxyl groups excluding tert-OH is 1. The molecule has 0 fully saturated rings. The van der Waals surface area contributed by atoms with Crippen LogP contribution in [0.2, 0.25) is 13.1 Å². The molecule has 0 amide bonds. The van der Waals surface area contributed by atoms with Crippen LogP contribution in [0.15, 0.2) is 66.2 Å². The van der Waals surface area contributed by atoms with E-state index in [0.717, 1.165) is 12.8 Å². The maximum absolute atomic E-state index is 9.20. The van der Waals surface area contributed by atoms with Crippen molar-refractivity contribution in [2.45, 2.75) is 31.9 Å². The Bertz CT molecular complexity index is 944. The van der Waals surface area contributed by atoms with Gasteiger partial charge in [0, 0.05) is 6.61 Å². The average molecular weight is 508 g/mol. The molecule has 0 heterocycles. The van der Waals surface area contributed by atoms with E-state index in [0.29, 0.717) is 5.92 Å². The van der Waals surface area contributed by atoms with Crippen molar-refractivity contribution < 1.29 is 53.3 Å². The van der Waals surface area contributed by atoms with E-state index in [1.54, 1.807) is 23.3 Å². The Kier molecular flexibility index (Phi) is 11.1. The number of halogens is 2. The van der Waals surface area contributed by atoms with Gasteiger partial charge in [-0.2, -0.15) is 6.07 Å². The van der Waals surface area contributed by atoms with Crippen molar-refractivity contribution in [1.29, 1.82) is 0 Å². The number of hydrogen-bond acceptors (Lipinski definition) is 1. The van der Waals surface area contributed by atoms with Crippen LogP contribution >= 0.6 is 0 Å². The minimum Gasteiger partial charge on any atom is -1.00 e. The first kappa shape index (κ1) is 25.5. The first-order valence-corrected chi connectivity index (χ1v) is 15.4. The van der Waals surface area contributed by atoms with Gasteiger partial charge in [-0.3, -0.25) is 0 Å². The summed E-state index contributed by atoms with van der Waals surface area (Å²) in [5.74, 6) is 0.336. The zero-order valence-electron chi connectivity index (χ0n) is 16.3.